The predicted octanol–water partition coefficient (Wildman–Crippen LogP) is 3.05. The minimum Gasteiger partial charge on any atom is -0.339 e. The molecule has 2 heteroatoms. The lowest BCUT2D eigenvalue weighted by Crippen LogP contribution is -2.49. The molecular formula is C15H21NO. The van der Waals surface area contributed by atoms with E-state index in [0.29, 0.717) is 17.9 Å². The third-order valence-corrected chi connectivity index (χ3v) is 3.95. The molecule has 1 unspecified atom stereocenters. The van der Waals surface area contributed by atoms with Crippen LogP contribution < -0.4 is 0 Å². The van der Waals surface area contributed by atoms with Crippen molar-refractivity contribution in [3.8, 4) is 0 Å². The largest absolute Gasteiger partial charge is 0.339 e. The number of hydrogen-bond acceptors (Lipinski definition) is 1. The molecule has 0 N–H and O–H groups in total. The molecule has 1 amide bonds. The van der Waals surface area contributed by atoms with E-state index in [0.717, 1.165) is 13.0 Å². The van der Waals surface area contributed by atoms with Gasteiger partial charge in [0.25, 0.3) is 0 Å². The Morgan fingerprint density at radius 2 is 1.88 bits per heavy atom. The second-order valence-electron chi connectivity index (χ2n) is 5.02. The molecule has 1 aromatic carbocycles. The number of carbonyl (C=O) groups excluding carboxylic acids is 1. The van der Waals surface area contributed by atoms with Gasteiger partial charge in [-0.2, -0.15) is 0 Å². The van der Waals surface area contributed by atoms with E-state index in [1.807, 2.05) is 17.9 Å². The third-order valence-electron chi connectivity index (χ3n) is 3.95. The SMILES string of the molecule is CCN1C(=O)[C@@H](C)CC(c2ccccc2)[C@H]1C. The molecule has 2 nitrogen and oxygen atoms in total. The van der Waals surface area contributed by atoms with Crippen LogP contribution in [0.4, 0.5) is 0 Å². The second-order valence-corrected chi connectivity index (χ2v) is 5.02. The zero-order valence-electron chi connectivity index (χ0n) is 10.9. The number of nitrogens with zero attached hydrogens (tertiary/aromatic N) is 1. The van der Waals surface area contributed by atoms with E-state index < -0.39 is 0 Å². The van der Waals surface area contributed by atoms with Crippen LogP contribution in [0.25, 0.3) is 0 Å². The molecule has 0 aliphatic carbocycles. The fourth-order valence-corrected chi connectivity index (χ4v) is 2.94. The summed E-state index contributed by atoms with van der Waals surface area (Å²) in [5.74, 6) is 0.937. The number of hydrogen-bond donors (Lipinski definition) is 0. The molecule has 0 radical (unpaired) electrons. The van der Waals surface area contributed by atoms with Gasteiger partial charge in [0.1, 0.15) is 0 Å². The maximum atomic E-state index is 12.1. The first-order valence-corrected chi connectivity index (χ1v) is 6.50. The minimum atomic E-state index is 0.149. The summed E-state index contributed by atoms with van der Waals surface area (Å²) in [6, 6.07) is 10.9. The summed E-state index contributed by atoms with van der Waals surface area (Å²) in [5.41, 5.74) is 1.36. The lowest BCUT2D eigenvalue weighted by atomic mass is 9.80. The first kappa shape index (κ1) is 12.2. The van der Waals surface area contributed by atoms with Crippen molar-refractivity contribution in [1.29, 1.82) is 0 Å². The molecule has 1 saturated heterocycles. The van der Waals surface area contributed by atoms with Gasteiger partial charge in [-0.1, -0.05) is 37.3 Å². The highest BCUT2D eigenvalue weighted by molar-refractivity contribution is 5.80. The molecule has 0 spiro atoms. The van der Waals surface area contributed by atoms with Gasteiger partial charge in [0.2, 0.25) is 5.91 Å². The van der Waals surface area contributed by atoms with Gasteiger partial charge in [-0.15, -0.1) is 0 Å². The van der Waals surface area contributed by atoms with Gasteiger partial charge in [0.05, 0.1) is 0 Å². The van der Waals surface area contributed by atoms with Crippen molar-refractivity contribution in [3.05, 3.63) is 35.9 Å². The number of likely N-dealkylation sites (N-methyl/N-ethyl adjacent to an activating group) is 1. The van der Waals surface area contributed by atoms with E-state index in [4.69, 9.17) is 0 Å². The molecule has 2 rings (SSSR count). The third kappa shape index (κ3) is 2.21. The Balaban J connectivity index is 2.27. The molecule has 17 heavy (non-hydrogen) atoms. The minimum absolute atomic E-state index is 0.149. The molecule has 1 aromatic rings. The van der Waals surface area contributed by atoms with Crippen molar-refractivity contribution in [2.45, 2.75) is 39.2 Å². The summed E-state index contributed by atoms with van der Waals surface area (Å²) in [7, 11) is 0. The molecule has 1 aliphatic rings. The highest BCUT2D eigenvalue weighted by Gasteiger charge is 2.36. The van der Waals surface area contributed by atoms with Gasteiger partial charge in [0.15, 0.2) is 0 Å². The molecule has 1 aliphatic heterocycles. The van der Waals surface area contributed by atoms with Crippen molar-refractivity contribution in [1.82, 2.24) is 4.90 Å². The zero-order chi connectivity index (χ0) is 12.4. The highest BCUT2D eigenvalue weighted by Crippen LogP contribution is 2.35. The number of rotatable bonds is 2. The van der Waals surface area contributed by atoms with E-state index >= 15 is 0 Å². The molecule has 3 atom stereocenters. The first-order chi connectivity index (χ1) is 8.15. The summed E-state index contributed by atoms with van der Waals surface area (Å²) in [6.45, 7) is 7.10. The zero-order valence-corrected chi connectivity index (χ0v) is 10.9. The van der Waals surface area contributed by atoms with Crippen LogP contribution in [0, 0.1) is 5.92 Å². The molecule has 1 fully saturated rings. The smallest absolute Gasteiger partial charge is 0.225 e. The van der Waals surface area contributed by atoms with Crippen molar-refractivity contribution in [2.24, 2.45) is 5.92 Å². The molecule has 1 heterocycles. The summed E-state index contributed by atoms with van der Waals surface area (Å²) in [4.78, 5) is 14.1. The number of likely N-dealkylation sites (tertiary alicyclic amines) is 1. The Labute approximate surface area is 104 Å². The molecule has 0 aromatic heterocycles. The van der Waals surface area contributed by atoms with Gasteiger partial charge < -0.3 is 4.90 Å². The molecule has 0 saturated carbocycles. The standard InChI is InChI=1S/C15H21NO/c1-4-16-12(3)14(10-11(2)15(16)17)13-8-6-5-7-9-13/h5-9,11-12,14H,4,10H2,1-3H3/t11-,12+,14?/m0/s1. The van der Waals surface area contributed by atoms with Crippen LogP contribution in [0.15, 0.2) is 30.3 Å². The number of amides is 1. The molecular weight excluding hydrogens is 210 g/mol. The van der Waals surface area contributed by atoms with Crippen molar-refractivity contribution in [3.63, 3.8) is 0 Å². The monoisotopic (exact) mass is 231 g/mol. The Morgan fingerprint density at radius 3 is 2.47 bits per heavy atom. The molecule has 92 valence electrons. The fraction of sp³-hybridized carbons (Fsp3) is 0.533. The van der Waals surface area contributed by atoms with E-state index in [9.17, 15) is 4.79 Å². The van der Waals surface area contributed by atoms with Crippen LogP contribution in [-0.2, 0) is 4.79 Å². The van der Waals surface area contributed by atoms with E-state index in [-0.39, 0.29) is 5.92 Å². The van der Waals surface area contributed by atoms with Gasteiger partial charge in [0, 0.05) is 24.4 Å². The van der Waals surface area contributed by atoms with E-state index in [1.165, 1.54) is 5.56 Å². The topological polar surface area (TPSA) is 20.3 Å². The summed E-state index contributed by atoms with van der Waals surface area (Å²) >= 11 is 0. The maximum Gasteiger partial charge on any atom is 0.225 e. The van der Waals surface area contributed by atoms with Crippen molar-refractivity contribution in [2.75, 3.05) is 6.54 Å². The van der Waals surface area contributed by atoms with Crippen LogP contribution >= 0.6 is 0 Å². The van der Waals surface area contributed by atoms with Gasteiger partial charge in [-0.25, -0.2) is 0 Å². The highest BCUT2D eigenvalue weighted by atomic mass is 16.2. The van der Waals surface area contributed by atoms with Crippen molar-refractivity contribution >= 4 is 5.91 Å². The van der Waals surface area contributed by atoms with Crippen LogP contribution in [0.1, 0.15) is 38.7 Å². The van der Waals surface area contributed by atoms with Gasteiger partial charge in [-0.3, -0.25) is 4.79 Å². The Hall–Kier alpha value is -1.31. The van der Waals surface area contributed by atoms with Gasteiger partial charge >= 0.3 is 0 Å². The first-order valence-electron chi connectivity index (χ1n) is 6.50. The quantitative estimate of drug-likeness (QED) is 0.766. The second kappa shape index (κ2) is 4.91. The number of carbonyl (C=O) groups is 1. The Kier molecular flexibility index (Phi) is 3.51. The van der Waals surface area contributed by atoms with Crippen LogP contribution in [0.3, 0.4) is 0 Å². The van der Waals surface area contributed by atoms with Crippen LogP contribution in [0.5, 0.6) is 0 Å². The number of benzene rings is 1. The average Bonchev–Trinajstić information content (AvgIpc) is 2.36. The van der Waals surface area contributed by atoms with Crippen LogP contribution in [-0.4, -0.2) is 23.4 Å². The van der Waals surface area contributed by atoms with E-state index in [1.54, 1.807) is 0 Å². The molecule has 0 bridgehead atoms. The normalized spacial score (nSPS) is 29.5. The fourth-order valence-electron chi connectivity index (χ4n) is 2.94. The Morgan fingerprint density at radius 1 is 1.24 bits per heavy atom. The Bertz CT molecular complexity index is 387. The lowest BCUT2D eigenvalue weighted by molar-refractivity contribution is -0.141. The van der Waals surface area contributed by atoms with Crippen molar-refractivity contribution < 1.29 is 4.79 Å². The van der Waals surface area contributed by atoms with Gasteiger partial charge in [-0.05, 0) is 25.8 Å². The summed E-state index contributed by atoms with van der Waals surface area (Å²) < 4.78 is 0. The summed E-state index contributed by atoms with van der Waals surface area (Å²) in [6.07, 6.45) is 0.973. The maximum absolute atomic E-state index is 12.1. The lowest BCUT2D eigenvalue weighted by Gasteiger charge is -2.41. The van der Waals surface area contributed by atoms with Crippen LogP contribution in [0.2, 0.25) is 0 Å². The number of piperidine rings is 1. The average molecular weight is 231 g/mol. The predicted molar refractivity (Wildman–Crippen MR) is 69.8 cm³/mol. The van der Waals surface area contributed by atoms with E-state index in [2.05, 4.69) is 38.1 Å². The summed E-state index contributed by atoms with van der Waals surface area (Å²) in [5, 5.41) is 0.